The molecular formula is C26H23N5O3. The van der Waals surface area contributed by atoms with Gasteiger partial charge in [-0.1, -0.05) is 36.4 Å². The van der Waals surface area contributed by atoms with Crippen molar-refractivity contribution in [1.29, 1.82) is 0 Å². The monoisotopic (exact) mass is 453 g/mol. The highest BCUT2D eigenvalue weighted by molar-refractivity contribution is 6.12. The van der Waals surface area contributed by atoms with Crippen molar-refractivity contribution in [3.63, 3.8) is 0 Å². The Bertz CT molecular complexity index is 1620. The molecule has 0 spiro atoms. The number of nitrogens with one attached hydrogen (secondary N) is 1. The van der Waals surface area contributed by atoms with Crippen LogP contribution in [-0.2, 0) is 0 Å². The van der Waals surface area contributed by atoms with Crippen molar-refractivity contribution in [1.82, 2.24) is 19.4 Å². The van der Waals surface area contributed by atoms with E-state index in [1.165, 1.54) is 12.5 Å². The molecular weight excluding hydrogens is 430 g/mol. The molecule has 0 saturated carbocycles. The summed E-state index contributed by atoms with van der Waals surface area (Å²) < 4.78 is 8.39. The topological polar surface area (TPSA) is 91.0 Å². The van der Waals surface area contributed by atoms with E-state index in [1.807, 2.05) is 69.3 Å². The van der Waals surface area contributed by atoms with E-state index in [9.17, 15) is 9.59 Å². The molecule has 1 amide bonds. The zero-order valence-electron chi connectivity index (χ0n) is 19.1. The molecule has 170 valence electrons. The minimum Gasteiger partial charge on any atom is -0.493 e. The third-order valence-electron chi connectivity index (χ3n) is 5.86. The fourth-order valence-corrected chi connectivity index (χ4v) is 3.96. The Morgan fingerprint density at radius 1 is 1.03 bits per heavy atom. The third-order valence-corrected chi connectivity index (χ3v) is 5.86. The molecule has 2 heterocycles. The molecule has 34 heavy (non-hydrogen) atoms. The predicted molar refractivity (Wildman–Crippen MR) is 131 cm³/mol. The van der Waals surface area contributed by atoms with Gasteiger partial charge in [0.1, 0.15) is 17.5 Å². The van der Waals surface area contributed by atoms with Gasteiger partial charge in [-0.25, -0.2) is 14.3 Å². The number of amides is 1. The molecule has 0 bridgehead atoms. The first kappa shape index (κ1) is 21.4. The first-order valence-electron chi connectivity index (χ1n) is 11.0. The maximum absolute atomic E-state index is 13.3. The van der Waals surface area contributed by atoms with Crippen molar-refractivity contribution in [2.75, 3.05) is 12.0 Å². The number of benzene rings is 3. The molecule has 0 aliphatic heterocycles. The average Bonchev–Trinajstić information content (AvgIpc) is 3.27. The Morgan fingerprint density at radius 2 is 1.85 bits per heavy atom. The molecule has 5 rings (SSSR count). The summed E-state index contributed by atoms with van der Waals surface area (Å²) in [5.74, 6) is -0.0200. The molecule has 8 heteroatoms. The van der Waals surface area contributed by atoms with E-state index in [0.29, 0.717) is 29.0 Å². The molecule has 5 aromatic rings. The van der Waals surface area contributed by atoms with Gasteiger partial charge in [0, 0.05) is 0 Å². The molecule has 0 atom stereocenters. The zero-order chi connectivity index (χ0) is 23.8. The summed E-state index contributed by atoms with van der Waals surface area (Å²) in [4.78, 5) is 30.9. The van der Waals surface area contributed by atoms with Crippen LogP contribution in [0.4, 0.5) is 0 Å². The Balaban J connectivity index is 1.55. The lowest BCUT2D eigenvalue weighted by atomic mass is 10.0. The standard InChI is InChI=1S/C26H23N5O3/c1-4-34-22-12-10-18-7-5-6-8-20(18)23(22)25(32)29-30-15-27-24-21(26(30)33)14-28-31(24)19-11-9-16(2)17(3)13-19/h5-15H,4H2,1-3H3,(H,29,32). The number of carbonyl (C=O) groups excluding carboxylic acids is 1. The zero-order valence-corrected chi connectivity index (χ0v) is 19.1. The van der Waals surface area contributed by atoms with Gasteiger partial charge in [-0.3, -0.25) is 15.0 Å². The summed E-state index contributed by atoms with van der Waals surface area (Å²) >= 11 is 0. The average molecular weight is 454 g/mol. The van der Waals surface area contributed by atoms with E-state index < -0.39 is 11.5 Å². The van der Waals surface area contributed by atoms with Crippen LogP contribution in [0.2, 0.25) is 0 Å². The van der Waals surface area contributed by atoms with E-state index in [1.54, 1.807) is 10.7 Å². The van der Waals surface area contributed by atoms with Crippen molar-refractivity contribution in [3.8, 4) is 11.4 Å². The molecule has 0 fully saturated rings. The highest BCUT2D eigenvalue weighted by Crippen LogP contribution is 2.28. The summed E-state index contributed by atoms with van der Waals surface area (Å²) in [6, 6.07) is 17.1. The second-order valence-electron chi connectivity index (χ2n) is 8.02. The van der Waals surface area contributed by atoms with Gasteiger partial charge in [-0.2, -0.15) is 5.10 Å². The number of hydrogen-bond donors (Lipinski definition) is 1. The first-order valence-corrected chi connectivity index (χ1v) is 11.0. The van der Waals surface area contributed by atoms with Crippen molar-refractivity contribution in [3.05, 3.63) is 94.2 Å². The van der Waals surface area contributed by atoms with Gasteiger partial charge in [-0.05, 0) is 60.9 Å². The minimum absolute atomic E-state index is 0.295. The lowest BCUT2D eigenvalue weighted by Gasteiger charge is -2.14. The summed E-state index contributed by atoms with van der Waals surface area (Å²) in [5.41, 5.74) is 6.10. The van der Waals surface area contributed by atoms with Crippen LogP contribution in [0.1, 0.15) is 28.4 Å². The molecule has 1 N–H and O–H groups in total. The van der Waals surface area contributed by atoms with E-state index in [0.717, 1.165) is 32.3 Å². The SMILES string of the molecule is CCOc1ccc2ccccc2c1C(=O)Nn1cnc2c(cnn2-c2ccc(C)c(C)c2)c1=O. The smallest absolute Gasteiger partial charge is 0.283 e. The number of aryl methyl sites for hydroxylation is 2. The van der Waals surface area contributed by atoms with Crippen LogP contribution in [0.5, 0.6) is 5.75 Å². The largest absolute Gasteiger partial charge is 0.493 e. The van der Waals surface area contributed by atoms with E-state index in [4.69, 9.17) is 4.74 Å². The van der Waals surface area contributed by atoms with Crippen LogP contribution in [-0.4, -0.2) is 32.0 Å². The lowest BCUT2D eigenvalue weighted by molar-refractivity contribution is 0.100. The van der Waals surface area contributed by atoms with Crippen molar-refractivity contribution in [2.24, 2.45) is 0 Å². The number of fused-ring (bicyclic) bond motifs is 2. The van der Waals surface area contributed by atoms with Crippen LogP contribution >= 0.6 is 0 Å². The molecule has 0 aliphatic carbocycles. The molecule has 0 aliphatic rings. The van der Waals surface area contributed by atoms with Gasteiger partial charge in [0.2, 0.25) is 0 Å². The molecule has 8 nitrogen and oxygen atoms in total. The van der Waals surface area contributed by atoms with Crippen LogP contribution in [0.25, 0.3) is 27.5 Å². The Kier molecular flexibility index (Phi) is 5.33. The quantitative estimate of drug-likeness (QED) is 0.432. The van der Waals surface area contributed by atoms with Crippen LogP contribution in [0.15, 0.2) is 71.9 Å². The number of ether oxygens (including phenoxy) is 1. The van der Waals surface area contributed by atoms with Crippen molar-refractivity contribution < 1.29 is 9.53 Å². The molecule has 0 saturated heterocycles. The van der Waals surface area contributed by atoms with Gasteiger partial charge < -0.3 is 4.74 Å². The van der Waals surface area contributed by atoms with Crippen molar-refractivity contribution in [2.45, 2.75) is 20.8 Å². The molecule has 0 unspecified atom stereocenters. The number of nitrogens with zero attached hydrogens (tertiary/aromatic N) is 4. The fourth-order valence-electron chi connectivity index (χ4n) is 3.96. The van der Waals surface area contributed by atoms with Crippen molar-refractivity contribution >= 4 is 27.7 Å². The highest BCUT2D eigenvalue weighted by atomic mass is 16.5. The van der Waals surface area contributed by atoms with Gasteiger partial charge in [-0.15, -0.1) is 0 Å². The Labute approximate surface area is 195 Å². The maximum Gasteiger partial charge on any atom is 0.283 e. The van der Waals surface area contributed by atoms with Gasteiger partial charge in [0.05, 0.1) is 24.1 Å². The maximum atomic E-state index is 13.3. The van der Waals surface area contributed by atoms with Crippen LogP contribution in [0.3, 0.4) is 0 Å². The van der Waals surface area contributed by atoms with Gasteiger partial charge in [0.25, 0.3) is 11.5 Å². The minimum atomic E-state index is -0.468. The lowest BCUT2D eigenvalue weighted by Crippen LogP contribution is -2.33. The summed E-state index contributed by atoms with van der Waals surface area (Å²) in [6.07, 6.45) is 2.76. The second-order valence-corrected chi connectivity index (χ2v) is 8.02. The highest BCUT2D eigenvalue weighted by Gasteiger charge is 2.19. The Hall–Kier alpha value is -4.46. The van der Waals surface area contributed by atoms with Crippen LogP contribution < -0.4 is 15.7 Å². The summed E-state index contributed by atoms with van der Waals surface area (Å²) in [6.45, 7) is 6.31. The Morgan fingerprint density at radius 3 is 2.65 bits per heavy atom. The molecule has 2 aromatic heterocycles. The van der Waals surface area contributed by atoms with E-state index in [-0.39, 0.29) is 0 Å². The van der Waals surface area contributed by atoms with Crippen LogP contribution in [0, 0.1) is 13.8 Å². The fraction of sp³-hybridized carbons (Fsp3) is 0.154. The second kappa shape index (κ2) is 8.47. The molecule has 3 aromatic carbocycles. The number of aromatic nitrogens is 4. The van der Waals surface area contributed by atoms with Gasteiger partial charge in [0.15, 0.2) is 5.65 Å². The van der Waals surface area contributed by atoms with E-state index in [2.05, 4.69) is 15.5 Å². The van der Waals surface area contributed by atoms with Gasteiger partial charge >= 0.3 is 0 Å². The van der Waals surface area contributed by atoms with E-state index >= 15 is 0 Å². The number of rotatable bonds is 5. The summed E-state index contributed by atoms with van der Waals surface area (Å²) in [7, 11) is 0. The third kappa shape index (κ3) is 3.59. The number of carbonyl (C=O) groups is 1. The first-order chi connectivity index (χ1) is 16.5. The number of hydrogen-bond acceptors (Lipinski definition) is 5. The summed E-state index contributed by atoms with van der Waals surface area (Å²) in [5, 5.41) is 6.29. The molecule has 0 radical (unpaired) electrons. The normalized spacial score (nSPS) is 11.1. The predicted octanol–water partition coefficient (Wildman–Crippen LogP) is 4.13.